The molecule has 2 heterocycles. The van der Waals surface area contributed by atoms with Gasteiger partial charge in [-0.3, -0.25) is 24.6 Å². The van der Waals surface area contributed by atoms with Gasteiger partial charge >= 0.3 is 11.1 Å². The summed E-state index contributed by atoms with van der Waals surface area (Å²) >= 11 is 0. The Kier molecular flexibility index (Phi) is 4.43. The molecule has 0 saturated carbocycles. The molecule has 8 heteroatoms. The number of aromatic amines is 2. The van der Waals surface area contributed by atoms with E-state index in [2.05, 4.69) is 14.9 Å². The van der Waals surface area contributed by atoms with Crippen LogP contribution < -0.4 is 11.1 Å². The van der Waals surface area contributed by atoms with Crippen LogP contribution in [0.25, 0.3) is 11.0 Å². The molecule has 142 valence electrons. The van der Waals surface area contributed by atoms with Crippen LogP contribution in [0.3, 0.4) is 0 Å². The highest BCUT2D eigenvalue weighted by Gasteiger charge is 2.25. The number of benzene rings is 1. The summed E-state index contributed by atoms with van der Waals surface area (Å²) in [6, 6.07) is 1.32. The molecule has 0 spiro atoms. The maximum atomic E-state index is 11.8. The average Bonchev–Trinajstić information content (AvgIpc) is 2.65. The average molecular weight is 370 g/mol. The highest BCUT2D eigenvalue weighted by molar-refractivity contribution is 5.82. The van der Waals surface area contributed by atoms with E-state index in [1.54, 1.807) is 12.5 Å². The first-order valence-electron chi connectivity index (χ1n) is 9.29. The summed E-state index contributed by atoms with van der Waals surface area (Å²) in [6.07, 6.45) is 5.85. The summed E-state index contributed by atoms with van der Waals surface area (Å²) in [6.45, 7) is 3.97. The standard InChI is InChI=1S/C19H22N4O4/c1-11-14(10-22-7-6-12-4-2-3-5-13(12)9-22)17-15(8-16(11)23(26)27)20-18(24)19(25)21-17/h8H,2-7,9-10H2,1H3,(H,20,24)(H,21,25). The quantitative estimate of drug-likeness (QED) is 0.373. The van der Waals surface area contributed by atoms with Gasteiger partial charge in [0.1, 0.15) is 0 Å². The third-order valence-corrected chi connectivity index (χ3v) is 5.81. The fraction of sp³-hybridized carbons (Fsp3) is 0.474. The Labute approximate surface area is 155 Å². The lowest BCUT2D eigenvalue weighted by Crippen LogP contribution is -2.33. The van der Waals surface area contributed by atoms with Crippen LogP contribution in [0.5, 0.6) is 0 Å². The van der Waals surface area contributed by atoms with Crippen LogP contribution >= 0.6 is 0 Å². The lowest BCUT2D eigenvalue weighted by atomic mass is 9.87. The van der Waals surface area contributed by atoms with Gasteiger partial charge in [0.2, 0.25) is 0 Å². The predicted molar refractivity (Wildman–Crippen MR) is 102 cm³/mol. The van der Waals surface area contributed by atoms with Crippen LogP contribution in [0, 0.1) is 17.0 Å². The zero-order chi connectivity index (χ0) is 19.1. The maximum Gasteiger partial charge on any atom is 0.314 e. The molecule has 1 aromatic carbocycles. The lowest BCUT2D eigenvalue weighted by molar-refractivity contribution is -0.385. The van der Waals surface area contributed by atoms with Crippen LogP contribution in [0.4, 0.5) is 5.69 Å². The van der Waals surface area contributed by atoms with Crippen molar-refractivity contribution in [3.63, 3.8) is 0 Å². The summed E-state index contributed by atoms with van der Waals surface area (Å²) in [7, 11) is 0. The minimum absolute atomic E-state index is 0.0465. The zero-order valence-electron chi connectivity index (χ0n) is 15.3. The van der Waals surface area contributed by atoms with Crippen LogP contribution in [0.15, 0.2) is 26.8 Å². The Morgan fingerprint density at radius 1 is 1.11 bits per heavy atom. The van der Waals surface area contributed by atoms with Crippen molar-refractivity contribution in [2.45, 2.75) is 45.6 Å². The predicted octanol–water partition coefficient (Wildman–Crippen LogP) is 2.51. The molecule has 0 radical (unpaired) electrons. The Hall–Kier alpha value is -2.74. The molecule has 0 unspecified atom stereocenters. The minimum atomic E-state index is -0.804. The second-order valence-corrected chi connectivity index (χ2v) is 7.46. The van der Waals surface area contributed by atoms with Crippen molar-refractivity contribution in [2.24, 2.45) is 0 Å². The van der Waals surface area contributed by atoms with Gasteiger partial charge in [0, 0.05) is 36.8 Å². The van der Waals surface area contributed by atoms with E-state index >= 15 is 0 Å². The molecule has 0 atom stereocenters. The second kappa shape index (κ2) is 6.77. The molecule has 0 fully saturated rings. The number of hydrogen-bond donors (Lipinski definition) is 2. The van der Waals surface area contributed by atoms with Gasteiger partial charge in [-0.15, -0.1) is 0 Å². The number of rotatable bonds is 3. The number of nitro benzene ring substituents is 1. The first kappa shape index (κ1) is 17.7. The summed E-state index contributed by atoms with van der Waals surface area (Å²) in [5, 5.41) is 11.5. The summed E-state index contributed by atoms with van der Waals surface area (Å²) in [5.74, 6) is 0. The van der Waals surface area contributed by atoms with Gasteiger partial charge in [0.25, 0.3) is 5.69 Å². The van der Waals surface area contributed by atoms with Crippen molar-refractivity contribution in [2.75, 3.05) is 13.1 Å². The van der Waals surface area contributed by atoms with Gasteiger partial charge in [0.15, 0.2) is 0 Å². The van der Waals surface area contributed by atoms with Crippen molar-refractivity contribution < 1.29 is 4.92 Å². The molecule has 0 amide bonds. The Morgan fingerprint density at radius 3 is 2.56 bits per heavy atom. The van der Waals surface area contributed by atoms with Crippen molar-refractivity contribution in [3.05, 3.63) is 59.2 Å². The molecule has 1 aliphatic carbocycles. The number of hydrogen-bond acceptors (Lipinski definition) is 5. The number of nitro groups is 1. The van der Waals surface area contributed by atoms with Crippen molar-refractivity contribution in [3.8, 4) is 0 Å². The first-order valence-corrected chi connectivity index (χ1v) is 9.29. The van der Waals surface area contributed by atoms with Gasteiger partial charge in [0.05, 0.1) is 16.0 Å². The van der Waals surface area contributed by atoms with Gasteiger partial charge < -0.3 is 9.97 Å². The number of nitrogens with zero attached hydrogens (tertiary/aromatic N) is 2. The van der Waals surface area contributed by atoms with E-state index in [1.807, 2.05) is 0 Å². The molecule has 1 aromatic heterocycles. The molecule has 4 rings (SSSR count). The molecule has 27 heavy (non-hydrogen) atoms. The van der Waals surface area contributed by atoms with E-state index < -0.39 is 16.0 Å². The highest BCUT2D eigenvalue weighted by atomic mass is 16.6. The van der Waals surface area contributed by atoms with E-state index in [4.69, 9.17) is 0 Å². The van der Waals surface area contributed by atoms with Crippen LogP contribution in [0.2, 0.25) is 0 Å². The van der Waals surface area contributed by atoms with Crippen LogP contribution in [-0.4, -0.2) is 32.9 Å². The van der Waals surface area contributed by atoms with E-state index in [-0.39, 0.29) is 5.69 Å². The highest BCUT2D eigenvalue weighted by Crippen LogP contribution is 2.33. The fourth-order valence-corrected chi connectivity index (χ4v) is 4.32. The molecule has 2 N–H and O–H groups in total. The van der Waals surface area contributed by atoms with Crippen molar-refractivity contribution in [1.82, 2.24) is 14.9 Å². The number of aromatic nitrogens is 2. The van der Waals surface area contributed by atoms with Gasteiger partial charge in [-0.25, -0.2) is 0 Å². The Morgan fingerprint density at radius 2 is 1.81 bits per heavy atom. The molecule has 1 aliphatic heterocycles. The molecular weight excluding hydrogens is 348 g/mol. The molecule has 2 aliphatic rings. The SMILES string of the molecule is Cc1c([N+](=O)[O-])cc2[nH]c(=O)c(=O)[nH]c2c1CN1CCC2=C(CCCC2)C1. The molecule has 0 bridgehead atoms. The maximum absolute atomic E-state index is 11.8. The second-order valence-electron chi connectivity index (χ2n) is 7.46. The van der Waals surface area contributed by atoms with Crippen LogP contribution in [-0.2, 0) is 6.54 Å². The molecular formula is C19H22N4O4. The lowest BCUT2D eigenvalue weighted by Gasteiger charge is -2.33. The Bertz CT molecular complexity index is 1080. The topological polar surface area (TPSA) is 112 Å². The third-order valence-electron chi connectivity index (χ3n) is 5.81. The van der Waals surface area contributed by atoms with Gasteiger partial charge in [-0.05, 0) is 39.0 Å². The monoisotopic (exact) mass is 370 g/mol. The van der Waals surface area contributed by atoms with E-state index in [0.717, 1.165) is 25.9 Å². The molecule has 0 saturated heterocycles. The summed E-state index contributed by atoms with van der Waals surface area (Å²) in [5.41, 5.74) is 3.49. The summed E-state index contributed by atoms with van der Waals surface area (Å²) < 4.78 is 0. The Balaban J connectivity index is 1.78. The first-order chi connectivity index (χ1) is 12.9. The smallest absolute Gasteiger partial charge is 0.314 e. The van der Waals surface area contributed by atoms with E-state index in [1.165, 1.54) is 30.9 Å². The van der Waals surface area contributed by atoms with Gasteiger partial charge in [-0.1, -0.05) is 11.1 Å². The minimum Gasteiger partial charge on any atom is -0.316 e. The normalized spacial score (nSPS) is 18.0. The van der Waals surface area contributed by atoms with Crippen molar-refractivity contribution >= 4 is 16.7 Å². The number of fused-ring (bicyclic) bond motifs is 1. The zero-order valence-corrected chi connectivity index (χ0v) is 15.3. The van der Waals surface area contributed by atoms with E-state index in [9.17, 15) is 19.7 Å². The largest absolute Gasteiger partial charge is 0.316 e. The van der Waals surface area contributed by atoms with Crippen LogP contribution in [0.1, 0.15) is 43.2 Å². The number of H-pyrrole nitrogens is 2. The summed E-state index contributed by atoms with van der Waals surface area (Å²) in [4.78, 5) is 41.9. The van der Waals surface area contributed by atoms with Gasteiger partial charge in [-0.2, -0.15) is 0 Å². The number of nitrogens with one attached hydrogen (secondary N) is 2. The van der Waals surface area contributed by atoms with Crippen molar-refractivity contribution in [1.29, 1.82) is 0 Å². The fourth-order valence-electron chi connectivity index (χ4n) is 4.32. The van der Waals surface area contributed by atoms with E-state index in [0.29, 0.717) is 28.7 Å². The molecule has 8 nitrogen and oxygen atoms in total. The molecule has 2 aromatic rings. The third kappa shape index (κ3) is 3.21.